The lowest BCUT2D eigenvalue weighted by atomic mass is 10.0. The summed E-state index contributed by atoms with van der Waals surface area (Å²) in [5.74, 6) is -2.82. The van der Waals surface area contributed by atoms with Crippen molar-refractivity contribution in [2.24, 2.45) is 16.5 Å². The van der Waals surface area contributed by atoms with Crippen molar-refractivity contribution < 1.29 is 18.3 Å². The lowest BCUT2D eigenvalue weighted by Gasteiger charge is -2.21. The highest BCUT2D eigenvalue weighted by Crippen LogP contribution is 2.17. The molecule has 6 N–H and O–H groups in total. The van der Waals surface area contributed by atoms with Crippen LogP contribution in [0.15, 0.2) is 47.5 Å². The molecule has 0 aliphatic rings. The van der Waals surface area contributed by atoms with Gasteiger partial charge in [0.05, 0.1) is 6.17 Å². The Hall–Kier alpha value is -2.59. The van der Waals surface area contributed by atoms with E-state index in [4.69, 9.17) is 27.8 Å². The van der Waals surface area contributed by atoms with Gasteiger partial charge in [0.2, 0.25) is 5.96 Å². The van der Waals surface area contributed by atoms with E-state index in [1.807, 2.05) is 19.1 Å². The summed E-state index contributed by atoms with van der Waals surface area (Å²) < 4.78 is 31.9. The Morgan fingerprint density at radius 1 is 1.16 bits per heavy atom. The van der Waals surface area contributed by atoms with Gasteiger partial charge >= 0.3 is 0 Å². The molecule has 2 aromatic rings. The Balaban J connectivity index is 2.06. The fourth-order valence-corrected chi connectivity index (χ4v) is 2.92. The van der Waals surface area contributed by atoms with Gasteiger partial charge in [0.1, 0.15) is 0 Å². The number of carbonyl (C=O) groups is 1. The molecule has 0 radical (unpaired) electrons. The van der Waals surface area contributed by atoms with E-state index in [1.165, 1.54) is 0 Å². The number of rotatable bonds is 10. The summed E-state index contributed by atoms with van der Waals surface area (Å²) in [6, 6.07) is 9.55. The zero-order valence-electron chi connectivity index (χ0n) is 17.8. The normalized spacial score (nSPS) is 13.5. The van der Waals surface area contributed by atoms with Crippen LogP contribution in [0, 0.1) is 11.6 Å². The van der Waals surface area contributed by atoms with Gasteiger partial charge in [-0.2, -0.15) is 4.99 Å². The van der Waals surface area contributed by atoms with Crippen molar-refractivity contribution in [3.63, 3.8) is 0 Å². The summed E-state index contributed by atoms with van der Waals surface area (Å²) in [7, 11) is 0. The molecule has 1 amide bonds. The van der Waals surface area contributed by atoms with E-state index in [-0.39, 0.29) is 17.6 Å². The molecule has 2 unspecified atom stereocenters. The number of aliphatic imine (C=N–C) groups is 1. The first kappa shape index (κ1) is 25.7. The summed E-state index contributed by atoms with van der Waals surface area (Å²) >= 11 is 5.90. The first-order valence-corrected chi connectivity index (χ1v) is 10.6. The van der Waals surface area contributed by atoms with Crippen LogP contribution in [0.4, 0.5) is 8.78 Å². The van der Waals surface area contributed by atoms with E-state index < -0.39 is 23.7 Å². The van der Waals surface area contributed by atoms with Gasteiger partial charge < -0.3 is 26.8 Å². The molecule has 0 saturated carbocycles. The van der Waals surface area contributed by atoms with Crippen molar-refractivity contribution >= 4 is 23.5 Å². The van der Waals surface area contributed by atoms with Gasteiger partial charge in [0.25, 0.3) is 5.91 Å². The topological polar surface area (TPSA) is 115 Å². The van der Waals surface area contributed by atoms with E-state index in [0.717, 1.165) is 23.8 Å². The highest BCUT2D eigenvalue weighted by atomic mass is 35.5. The fraction of sp³-hybridized carbons (Fsp3) is 0.364. The minimum atomic E-state index is -1.13. The highest BCUT2D eigenvalue weighted by molar-refractivity contribution is 6.30. The lowest BCUT2D eigenvalue weighted by molar-refractivity contribution is 0.100. The Morgan fingerprint density at radius 3 is 2.53 bits per heavy atom. The Morgan fingerprint density at radius 2 is 1.88 bits per heavy atom. The maximum absolute atomic E-state index is 13.5. The van der Waals surface area contributed by atoms with Crippen molar-refractivity contribution in [3.05, 3.63) is 70.2 Å². The number of ether oxygens (including phenoxy) is 1. The van der Waals surface area contributed by atoms with Gasteiger partial charge in [-0.15, -0.1) is 0 Å². The quantitative estimate of drug-likeness (QED) is 0.185. The summed E-state index contributed by atoms with van der Waals surface area (Å²) in [5, 5.41) is 6.52. The van der Waals surface area contributed by atoms with Crippen molar-refractivity contribution in [3.8, 4) is 0 Å². The number of nitrogens with zero attached hydrogens (tertiary/aromatic N) is 1. The van der Waals surface area contributed by atoms with Crippen LogP contribution >= 0.6 is 11.6 Å². The molecule has 2 aromatic carbocycles. The zero-order chi connectivity index (χ0) is 23.5. The van der Waals surface area contributed by atoms with E-state index in [1.54, 1.807) is 12.1 Å². The largest absolute Gasteiger partial charge is 0.382 e. The van der Waals surface area contributed by atoms with Gasteiger partial charge in [-0.05, 0) is 55.7 Å². The molecule has 0 aromatic heterocycles. The monoisotopic (exact) mass is 467 g/mol. The SMILES string of the molecule is CCOCCCN/C(=N/C(=O)c1ccc(F)c(F)c1)NC(N)CC(N)c1ccc(Cl)cc1. The third-order valence-electron chi connectivity index (χ3n) is 4.47. The predicted octanol–water partition coefficient (Wildman–Crippen LogP) is 3.10. The first-order valence-electron chi connectivity index (χ1n) is 10.2. The molecule has 2 rings (SSSR count). The molecule has 0 heterocycles. The van der Waals surface area contributed by atoms with E-state index >= 15 is 0 Å². The number of carbonyl (C=O) groups excluding carboxylic acids is 1. The Kier molecular flexibility index (Phi) is 10.5. The number of nitrogens with one attached hydrogen (secondary N) is 2. The van der Waals surface area contributed by atoms with Crippen LogP contribution in [0.3, 0.4) is 0 Å². The van der Waals surface area contributed by atoms with Crippen LogP contribution in [-0.2, 0) is 4.74 Å². The molecule has 2 atom stereocenters. The maximum atomic E-state index is 13.5. The summed E-state index contributed by atoms with van der Waals surface area (Å²) in [5.41, 5.74) is 13.1. The first-order chi connectivity index (χ1) is 15.3. The average molecular weight is 468 g/mol. The number of benzene rings is 2. The lowest BCUT2D eigenvalue weighted by Crippen LogP contribution is -2.49. The van der Waals surface area contributed by atoms with Gasteiger partial charge in [-0.25, -0.2) is 8.78 Å². The average Bonchev–Trinajstić information content (AvgIpc) is 2.75. The molecule has 32 heavy (non-hydrogen) atoms. The van der Waals surface area contributed by atoms with Crippen molar-refractivity contribution in [2.75, 3.05) is 19.8 Å². The van der Waals surface area contributed by atoms with Gasteiger partial charge in [0, 0.05) is 36.4 Å². The summed E-state index contributed by atoms with van der Waals surface area (Å²) in [6.45, 7) is 3.47. The number of nitrogens with two attached hydrogens (primary N) is 2. The third kappa shape index (κ3) is 8.51. The van der Waals surface area contributed by atoms with Crippen molar-refractivity contribution in [2.45, 2.75) is 32.0 Å². The number of guanidine groups is 1. The van der Waals surface area contributed by atoms with Gasteiger partial charge in [-0.1, -0.05) is 23.7 Å². The molecule has 0 aliphatic carbocycles. The zero-order valence-corrected chi connectivity index (χ0v) is 18.5. The Labute approximate surface area is 191 Å². The molecular weight excluding hydrogens is 440 g/mol. The van der Waals surface area contributed by atoms with Crippen molar-refractivity contribution in [1.82, 2.24) is 10.6 Å². The van der Waals surface area contributed by atoms with Crippen LogP contribution in [0.25, 0.3) is 0 Å². The van der Waals surface area contributed by atoms with Crippen LogP contribution < -0.4 is 22.1 Å². The van der Waals surface area contributed by atoms with Crippen LogP contribution in [-0.4, -0.2) is 37.8 Å². The second-order valence-corrected chi connectivity index (χ2v) is 7.45. The smallest absolute Gasteiger partial charge is 0.280 e. The van der Waals surface area contributed by atoms with E-state index in [9.17, 15) is 13.6 Å². The third-order valence-corrected chi connectivity index (χ3v) is 4.72. The molecule has 7 nitrogen and oxygen atoms in total. The molecule has 0 fully saturated rings. The molecule has 174 valence electrons. The van der Waals surface area contributed by atoms with Gasteiger partial charge in [0.15, 0.2) is 11.6 Å². The minimum Gasteiger partial charge on any atom is -0.382 e. The summed E-state index contributed by atoms with van der Waals surface area (Å²) in [6.07, 6.45) is 0.352. The molecular formula is C22H28ClF2N5O2. The number of hydrogen-bond acceptors (Lipinski definition) is 4. The minimum absolute atomic E-state index is 0.0919. The molecule has 10 heteroatoms. The second kappa shape index (κ2) is 13.1. The molecule has 0 aliphatic heterocycles. The second-order valence-electron chi connectivity index (χ2n) is 7.02. The van der Waals surface area contributed by atoms with Gasteiger partial charge in [-0.3, -0.25) is 4.79 Å². The maximum Gasteiger partial charge on any atom is 0.280 e. The number of amides is 1. The summed E-state index contributed by atoms with van der Waals surface area (Å²) in [4.78, 5) is 16.4. The fourth-order valence-electron chi connectivity index (χ4n) is 2.80. The van der Waals surface area contributed by atoms with Crippen LogP contribution in [0.2, 0.25) is 5.02 Å². The van der Waals surface area contributed by atoms with Crippen LogP contribution in [0.1, 0.15) is 41.7 Å². The highest BCUT2D eigenvalue weighted by Gasteiger charge is 2.15. The van der Waals surface area contributed by atoms with Crippen LogP contribution in [0.5, 0.6) is 0 Å². The molecule has 0 spiro atoms. The van der Waals surface area contributed by atoms with E-state index in [2.05, 4.69) is 15.6 Å². The Bertz CT molecular complexity index is 912. The van der Waals surface area contributed by atoms with E-state index in [0.29, 0.717) is 37.6 Å². The molecule has 0 saturated heterocycles. The molecule has 0 bridgehead atoms. The number of halogens is 3. The standard InChI is InChI=1S/C22H28ClF2N5O2/c1-2-32-11-3-10-28-22(30-21(31)15-6-9-17(24)18(25)12-15)29-20(27)13-19(26)14-4-7-16(23)8-5-14/h4-9,12,19-20H,2-3,10-11,13,26-27H2,1H3,(H2,28,29,30,31). The van der Waals surface area contributed by atoms with Crippen molar-refractivity contribution in [1.29, 1.82) is 0 Å². The predicted molar refractivity (Wildman–Crippen MR) is 121 cm³/mol. The number of hydrogen-bond donors (Lipinski definition) is 4.